The molecule has 168 valence electrons. The fourth-order valence-electron chi connectivity index (χ4n) is 3.40. The smallest absolute Gasteiger partial charge is 0.550 e. The minimum absolute atomic E-state index is 0. The van der Waals surface area contributed by atoms with E-state index in [-0.39, 0.29) is 77.0 Å². The maximum atomic E-state index is 12.3. The second-order valence-electron chi connectivity index (χ2n) is 7.31. The third kappa shape index (κ3) is 7.97. The molecule has 13 heteroatoms. The van der Waals surface area contributed by atoms with Crippen LogP contribution in [0, 0.1) is 0 Å². The summed E-state index contributed by atoms with van der Waals surface area (Å²) in [6.07, 6.45) is 3.28. The van der Waals surface area contributed by atoms with Crippen molar-refractivity contribution in [3.63, 3.8) is 0 Å². The Morgan fingerprint density at radius 3 is 2.32 bits per heavy atom. The van der Waals surface area contributed by atoms with Gasteiger partial charge >= 0.3 is 59.1 Å². The summed E-state index contributed by atoms with van der Waals surface area (Å²) in [4.78, 5) is 45.0. The summed E-state index contributed by atoms with van der Waals surface area (Å²) in [6, 6.07) is 5.30. The van der Waals surface area contributed by atoms with Gasteiger partial charge in [0.15, 0.2) is 0 Å². The Morgan fingerprint density at radius 1 is 1.03 bits per heavy atom. The summed E-state index contributed by atoms with van der Waals surface area (Å²) in [7, 11) is 0. The summed E-state index contributed by atoms with van der Waals surface area (Å²) in [6.45, 7) is 0. The number of benzene rings is 1. The van der Waals surface area contributed by atoms with Gasteiger partial charge in [0.25, 0.3) is 5.91 Å². The minimum atomic E-state index is -1.55. The molecule has 0 aliphatic rings. The SMILES string of the molecule is Nc1nc(N)c2c(CCCc3ccc(C(=O)N[C@@H](CCC(=O)[O-])C(=O)[O-])cc3)c[nH]c2n1.[Na+].[Na+]. The van der Waals surface area contributed by atoms with Crippen LogP contribution in [0.3, 0.4) is 0 Å². The molecule has 2 heterocycles. The molecule has 0 unspecified atom stereocenters. The molecule has 0 aliphatic carbocycles. The Bertz CT molecular complexity index is 1150. The van der Waals surface area contributed by atoms with Crippen molar-refractivity contribution >= 4 is 40.6 Å². The molecular formula is C21H22N6Na2O5. The van der Waals surface area contributed by atoms with E-state index in [4.69, 9.17) is 11.5 Å². The van der Waals surface area contributed by atoms with Gasteiger partial charge in [0.05, 0.1) is 17.4 Å². The van der Waals surface area contributed by atoms with Crippen LogP contribution in [0.2, 0.25) is 0 Å². The maximum absolute atomic E-state index is 12.3. The Labute approximate surface area is 239 Å². The van der Waals surface area contributed by atoms with E-state index in [1.807, 2.05) is 6.20 Å². The van der Waals surface area contributed by atoms with Crippen molar-refractivity contribution in [2.75, 3.05) is 11.5 Å². The van der Waals surface area contributed by atoms with E-state index in [2.05, 4.69) is 20.3 Å². The number of aliphatic carboxylic acids is 2. The number of nitrogens with two attached hydrogens (primary N) is 2. The number of nitrogens with one attached hydrogen (secondary N) is 2. The van der Waals surface area contributed by atoms with Gasteiger partial charge in [0.2, 0.25) is 5.95 Å². The number of carbonyl (C=O) groups is 3. The van der Waals surface area contributed by atoms with Gasteiger partial charge in [-0.2, -0.15) is 9.97 Å². The Kier molecular flexibility index (Phi) is 12.0. The molecular weight excluding hydrogens is 462 g/mol. The molecule has 34 heavy (non-hydrogen) atoms. The van der Waals surface area contributed by atoms with Crippen LogP contribution in [0.25, 0.3) is 11.0 Å². The second-order valence-corrected chi connectivity index (χ2v) is 7.31. The average Bonchev–Trinajstić information content (AvgIpc) is 3.14. The topological polar surface area (TPSA) is 203 Å². The van der Waals surface area contributed by atoms with Crippen LogP contribution in [-0.2, 0) is 22.4 Å². The zero-order chi connectivity index (χ0) is 23.3. The van der Waals surface area contributed by atoms with Gasteiger partial charge in [0, 0.05) is 17.7 Å². The predicted molar refractivity (Wildman–Crippen MR) is 112 cm³/mol. The molecule has 0 radical (unpaired) electrons. The van der Waals surface area contributed by atoms with Gasteiger partial charge in [-0.1, -0.05) is 12.1 Å². The number of carboxylic acids is 2. The van der Waals surface area contributed by atoms with Crippen LogP contribution < -0.4 is 86.1 Å². The van der Waals surface area contributed by atoms with Gasteiger partial charge in [-0.05, 0) is 55.4 Å². The van der Waals surface area contributed by atoms with E-state index >= 15 is 0 Å². The molecule has 0 fully saturated rings. The number of nitrogens with zero attached hydrogens (tertiary/aromatic N) is 2. The van der Waals surface area contributed by atoms with Crippen molar-refractivity contribution in [3.8, 4) is 0 Å². The van der Waals surface area contributed by atoms with E-state index in [0.29, 0.717) is 11.5 Å². The molecule has 11 nitrogen and oxygen atoms in total. The van der Waals surface area contributed by atoms with Crippen LogP contribution >= 0.6 is 0 Å². The van der Waals surface area contributed by atoms with Crippen molar-refractivity contribution < 1.29 is 83.7 Å². The zero-order valence-corrected chi connectivity index (χ0v) is 23.1. The van der Waals surface area contributed by atoms with Crippen LogP contribution in [0.15, 0.2) is 30.5 Å². The number of carboxylic acid groups (broad SMARTS) is 2. The van der Waals surface area contributed by atoms with Crippen molar-refractivity contribution in [2.24, 2.45) is 0 Å². The van der Waals surface area contributed by atoms with E-state index in [1.165, 1.54) is 0 Å². The van der Waals surface area contributed by atoms with E-state index in [1.54, 1.807) is 24.3 Å². The number of aryl methyl sites for hydroxylation is 2. The minimum Gasteiger partial charge on any atom is -0.550 e. The summed E-state index contributed by atoms with van der Waals surface area (Å²) in [5, 5.41) is 24.6. The number of nitrogen functional groups attached to an aromatic ring is 2. The molecule has 3 aromatic rings. The molecule has 1 atom stereocenters. The van der Waals surface area contributed by atoms with Crippen LogP contribution in [0.4, 0.5) is 11.8 Å². The van der Waals surface area contributed by atoms with Crippen LogP contribution in [0.5, 0.6) is 0 Å². The molecule has 2 aromatic heterocycles. The monoisotopic (exact) mass is 484 g/mol. The predicted octanol–water partition coefficient (Wildman–Crippen LogP) is -7.32. The largest absolute Gasteiger partial charge is 1.00 e. The third-order valence-corrected chi connectivity index (χ3v) is 5.01. The molecule has 0 aliphatic heterocycles. The van der Waals surface area contributed by atoms with Gasteiger partial charge < -0.3 is 41.6 Å². The van der Waals surface area contributed by atoms with Crippen molar-refractivity contribution in [2.45, 2.75) is 38.1 Å². The van der Waals surface area contributed by atoms with E-state index in [9.17, 15) is 24.6 Å². The number of amides is 1. The number of hydrogen-bond donors (Lipinski definition) is 4. The van der Waals surface area contributed by atoms with Crippen molar-refractivity contribution in [3.05, 3.63) is 47.2 Å². The first-order valence-electron chi connectivity index (χ1n) is 9.94. The van der Waals surface area contributed by atoms with E-state index in [0.717, 1.165) is 35.8 Å². The number of fused-ring (bicyclic) bond motifs is 1. The fourth-order valence-corrected chi connectivity index (χ4v) is 3.40. The number of H-pyrrole nitrogens is 1. The first-order valence-corrected chi connectivity index (χ1v) is 9.94. The number of rotatable bonds is 10. The summed E-state index contributed by atoms with van der Waals surface area (Å²) in [5.74, 6) is -3.15. The van der Waals surface area contributed by atoms with Crippen LogP contribution in [-0.4, -0.2) is 38.8 Å². The number of aromatic nitrogens is 3. The first kappa shape index (κ1) is 29.9. The standard InChI is InChI=1S/C21H24N6O5.2Na/c22-17-16-13(10-24-18(16)27-21(23)26-17)3-1-2-11-4-6-12(7-5-11)19(30)25-14(20(31)32)8-9-15(28)29;;/h4-7,10,14H,1-3,8-9H2,(H,25,30)(H,28,29)(H,31,32)(H5,22,23,24,26,27);;/q;2*+1/p-2/t14-;;/m0../s1. The molecule has 0 saturated heterocycles. The Hall–Kier alpha value is -2.15. The molecule has 6 N–H and O–H groups in total. The molecule has 0 bridgehead atoms. The van der Waals surface area contributed by atoms with Gasteiger partial charge in [-0.25, -0.2) is 0 Å². The normalized spacial score (nSPS) is 11.2. The molecule has 0 saturated carbocycles. The Morgan fingerprint density at radius 2 is 1.71 bits per heavy atom. The van der Waals surface area contributed by atoms with Gasteiger partial charge in [0.1, 0.15) is 11.5 Å². The number of aromatic amines is 1. The van der Waals surface area contributed by atoms with Gasteiger partial charge in [-0.15, -0.1) is 0 Å². The van der Waals surface area contributed by atoms with Crippen LogP contribution in [0.1, 0.15) is 40.7 Å². The van der Waals surface area contributed by atoms with E-state index < -0.39 is 30.3 Å². The average molecular weight is 484 g/mol. The Balaban J connectivity index is 0.00000289. The van der Waals surface area contributed by atoms with Crippen molar-refractivity contribution in [1.82, 2.24) is 20.3 Å². The molecule has 1 aromatic carbocycles. The first-order chi connectivity index (χ1) is 15.2. The summed E-state index contributed by atoms with van der Waals surface area (Å²) in [5.41, 5.74) is 14.4. The molecule has 3 rings (SSSR count). The molecule has 0 spiro atoms. The van der Waals surface area contributed by atoms with Crippen molar-refractivity contribution in [1.29, 1.82) is 0 Å². The van der Waals surface area contributed by atoms with Gasteiger partial charge in [-0.3, -0.25) is 4.79 Å². The fraction of sp³-hybridized carbons (Fsp3) is 0.286. The zero-order valence-electron chi connectivity index (χ0n) is 19.1. The number of anilines is 2. The third-order valence-electron chi connectivity index (χ3n) is 5.01. The summed E-state index contributed by atoms with van der Waals surface area (Å²) < 4.78 is 0. The number of hydrogen-bond acceptors (Lipinski definition) is 9. The maximum Gasteiger partial charge on any atom is 1.00 e. The summed E-state index contributed by atoms with van der Waals surface area (Å²) >= 11 is 0. The quantitative estimate of drug-likeness (QED) is 0.202. The molecule has 1 amide bonds. The number of carbonyl (C=O) groups excluding carboxylic acids is 3. The second kappa shape index (κ2) is 13.7.